The van der Waals surface area contributed by atoms with Crippen molar-refractivity contribution in [1.82, 2.24) is 9.88 Å². The zero-order valence-electron chi connectivity index (χ0n) is 17.3. The smallest absolute Gasteiger partial charge is 0.222 e. The Labute approximate surface area is 181 Å². The van der Waals surface area contributed by atoms with Crippen molar-refractivity contribution in [2.45, 2.75) is 32.6 Å². The Bertz CT molecular complexity index is 1020. The maximum absolute atomic E-state index is 12.6. The predicted octanol–water partition coefficient (Wildman–Crippen LogP) is 4.56. The summed E-state index contributed by atoms with van der Waals surface area (Å²) in [6, 6.07) is 15.8. The first-order chi connectivity index (χ1) is 14.6. The lowest BCUT2D eigenvalue weighted by atomic mass is 10.1. The quantitative estimate of drug-likeness (QED) is 0.525. The third kappa shape index (κ3) is 4.70. The maximum Gasteiger partial charge on any atom is 0.222 e. The molecule has 0 atom stereocenters. The molecule has 0 saturated carbocycles. The summed E-state index contributed by atoms with van der Waals surface area (Å²) < 4.78 is 1.23. The predicted molar refractivity (Wildman–Crippen MR) is 122 cm³/mol. The number of carbonyl (C=O) groups excluding carboxylic acids is 2. The Morgan fingerprint density at radius 1 is 1.00 bits per heavy atom. The normalized spacial score (nSPS) is 14.3. The maximum atomic E-state index is 12.6. The van der Waals surface area contributed by atoms with Gasteiger partial charge in [0.25, 0.3) is 0 Å². The van der Waals surface area contributed by atoms with Crippen molar-refractivity contribution in [3.8, 4) is 0 Å². The van der Waals surface area contributed by atoms with E-state index >= 15 is 0 Å². The van der Waals surface area contributed by atoms with E-state index in [1.54, 1.807) is 11.3 Å². The Morgan fingerprint density at radius 2 is 1.77 bits per heavy atom. The van der Waals surface area contributed by atoms with Gasteiger partial charge in [-0.05, 0) is 30.5 Å². The van der Waals surface area contributed by atoms with Crippen LogP contribution >= 0.6 is 11.3 Å². The summed E-state index contributed by atoms with van der Waals surface area (Å²) in [6.07, 6.45) is 2.48. The molecule has 4 rings (SSSR count). The van der Waals surface area contributed by atoms with E-state index < -0.39 is 0 Å². The van der Waals surface area contributed by atoms with Crippen LogP contribution in [0.5, 0.6) is 0 Å². The number of ketones is 1. The second-order valence-corrected chi connectivity index (χ2v) is 8.67. The van der Waals surface area contributed by atoms with Crippen molar-refractivity contribution in [1.29, 1.82) is 0 Å². The fraction of sp³-hybridized carbons (Fsp3) is 0.375. The molecule has 0 unspecified atom stereocenters. The SMILES string of the molecule is CCc1ccc2nc(N3CCN(C(=O)CCCC(=O)c4ccccc4)CC3)sc2c1. The van der Waals surface area contributed by atoms with Crippen LogP contribution in [0.4, 0.5) is 5.13 Å². The number of amides is 1. The molecule has 5 nitrogen and oxygen atoms in total. The molecule has 1 fully saturated rings. The number of hydrogen-bond acceptors (Lipinski definition) is 5. The fourth-order valence-electron chi connectivity index (χ4n) is 3.79. The number of aryl methyl sites for hydroxylation is 1. The topological polar surface area (TPSA) is 53.5 Å². The van der Waals surface area contributed by atoms with Crippen molar-refractivity contribution in [2.24, 2.45) is 0 Å². The Hall–Kier alpha value is -2.73. The van der Waals surface area contributed by atoms with Gasteiger partial charge < -0.3 is 9.80 Å². The first-order valence-electron chi connectivity index (χ1n) is 10.6. The summed E-state index contributed by atoms with van der Waals surface area (Å²) in [5.74, 6) is 0.252. The number of rotatable bonds is 7. The summed E-state index contributed by atoms with van der Waals surface area (Å²) >= 11 is 1.73. The number of thiazole rings is 1. The van der Waals surface area contributed by atoms with E-state index in [9.17, 15) is 9.59 Å². The van der Waals surface area contributed by atoms with Gasteiger partial charge in [0, 0.05) is 44.6 Å². The number of fused-ring (bicyclic) bond motifs is 1. The monoisotopic (exact) mass is 421 g/mol. The van der Waals surface area contributed by atoms with Crippen molar-refractivity contribution >= 4 is 38.4 Å². The molecule has 0 N–H and O–H groups in total. The molecule has 0 bridgehead atoms. The first-order valence-corrected chi connectivity index (χ1v) is 11.5. The molecular formula is C24H27N3O2S. The number of benzene rings is 2. The standard InChI is InChI=1S/C24H27N3O2S/c1-2-18-11-12-20-22(17-18)30-24(25-20)27-15-13-26(14-16-27)23(29)10-6-9-21(28)19-7-4-3-5-8-19/h3-5,7-8,11-12,17H,2,6,9-10,13-16H2,1H3. The molecule has 156 valence electrons. The largest absolute Gasteiger partial charge is 0.345 e. The van der Waals surface area contributed by atoms with Crippen LogP contribution in [0.25, 0.3) is 10.2 Å². The van der Waals surface area contributed by atoms with Gasteiger partial charge in [0.05, 0.1) is 10.2 Å². The van der Waals surface area contributed by atoms with Crippen LogP contribution in [0.1, 0.15) is 42.1 Å². The molecule has 2 heterocycles. The van der Waals surface area contributed by atoms with Crippen LogP contribution in [-0.4, -0.2) is 47.8 Å². The number of piperazine rings is 1. The van der Waals surface area contributed by atoms with Gasteiger partial charge in [0.1, 0.15) is 0 Å². The van der Waals surface area contributed by atoms with Crippen LogP contribution in [-0.2, 0) is 11.2 Å². The number of carbonyl (C=O) groups is 2. The van der Waals surface area contributed by atoms with Crippen LogP contribution in [0.3, 0.4) is 0 Å². The van der Waals surface area contributed by atoms with E-state index in [0.29, 0.717) is 32.4 Å². The molecule has 1 aliphatic rings. The number of anilines is 1. The average Bonchev–Trinajstić information content (AvgIpc) is 3.23. The molecule has 6 heteroatoms. The molecule has 0 radical (unpaired) electrons. The summed E-state index contributed by atoms with van der Waals surface area (Å²) in [5.41, 5.74) is 3.10. The lowest BCUT2D eigenvalue weighted by Gasteiger charge is -2.34. The van der Waals surface area contributed by atoms with Gasteiger partial charge in [-0.25, -0.2) is 4.98 Å². The third-order valence-electron chi connectivity index (χ3n) is 5.64. The molecule has 0 spiro atoms. The Balaban J connectivity index is 1.26. The minimum absolute atomic E-state index is 0.107. The number of Topliss-reactive ketones (excluding diaryl/α,β-unsaturated/α-hetero) is 1. The van der Waals surface area contributed by atoms with E-state index in [1.165, 1.54) is 10.3 Å². The lowest BCUT2D eigenvalue weighted by Crippen LogP contribution is -2.48. The van der Waals surface area contributed by atoms with E-state index in [2.05, 4.69) is 30.0 Å². The molecule has 3 aromatic rings. The van der Waals surface area contributed by atoms with Gasteiger partial charge >= 0.3 is 0 Å². The Kier molecular flexibility index (Phi) is 6.43. The lowest BCUT2D eigenvalue weighted by molar-refractivity contribution is -0.131. The van der Waals surface area contributed by atoms with Gasteiger partial charge in [0.2, 0.25) is 5.91 Å². The highest BCUT2D eigenvalue weighted by Crippen LogP contribution is 2.30. The number of aromatic nitrogens is 1. The second kappa shape index (κ2) is 9.39. The molecular weight excluding hydrogens is 394 g/mol. The minimum Gasteiger partial charge on any atom is -0.345 e. The van der Waals surface area contributed by atoms with Crippen molar-refractivity contribution < 1.29 is 9.59 Å². The zero-order chi connectivity index (χ0) is 20.9. The summed E-state index contributed by atoms with van der Waals surface area (Å²) in [5, 5.41) is 1.04. The highest BCUT2D eigenvalue weighted by Gasteiger charge is 2.23. The first kappa shape index (κ1) is 20.5. The van der Waals surface area contributed by atoms with Crippen molar-refractivity contribution in [3.05, 3.63) is 59.7 Å². The van der Waals surface area contributed by atoms with E-state index in [4.69, 9.17) is 4.98 Å². The van der Waals surface area contributed by atoms with Crippen molar-refractivity contribution in [3.63, 3.8) is 0 Å². The fourth-order valence-corrected chi connectivity index (χ4v) is 4.87. The van der Waals surface area contributed by atoms with Crippen LogP contribution < -0.4 is 4.90 Å². The Morgan fingerprint density at radius 3 is 2.50 bits per heavy atom. The number of hydrogen-bond donors (Lipinski definition) is 0. The molecule has 1 amide bonds. The average molecular weight is 422 g/mol. The van der Waals surface area contributed by atoms with E-state index in [1.807, 2.05) is 35.2 Å². The highest BCUT2D eigenvalue weighted by molar-refractivity contribution is 7.22. The van der Waals surface area contributed by atoms with E-state index in [-0.39, 0.29) is 11.7 Å². The zero-order valence-corrected chi connectivity index (χ0v) is 18.2. The highest BCUT2D eigenvalue weighted by atomic mass is 32.1. The minimum atomic E-state index is 0.107. The van der Waals surface area contributed by atoms with Gasteiger partial charge in [-0.15, -0.1) is 0 Å². The van der Waals surface area contributed by atoms with Crippen LogP contribution in [0.15, 0.2) is 48.5 Å². The molecule has 1 aromatic heterocycles. The third-order valence-corrected chi connectivity index (χ3v) is 6.72. The van der Waals surface area contributed by atoms with Crippen molar-refractivity contribution in [2.75, 3.05) is 31.1 Å². The summed E-state index contributed by atoms with van der Waals surface area (Å²) in [7, 11) is 0. The van der Waals surface area contributed by atoms with Gasteiger partial charge in [0.15, 0.2) is 10.9 Å². The van der Waals surface area contributed by atoms with Crippen LogP contribution in [0.2, 0.25) is 0 Å². The molecule has 0 aliphatic carbocycles. The molecule has 1 saturated heterocycles. The summed E-state index contributed by atoms with van der Waals surface area (Å²) in [6.45, 7) is 5.18. The molecule has 1 aliphatic heterocycles. The van der Waals surface area contributed by atoms with E-state index in [0.717, 1.165) is 35.7 Å². The van der Waals surface area contributed by atoms with Gasteiger partial charge in [-0.1, -0.05) is 54.7 Å². The van der Waals surface area contributed by atoms with Crippen LogP contribution in [0, 0.1) is 0 Å². The number of nitrogens with zero attached hydrogens (tertiary/aromatic N) is 3. The molecule has 30 heavy (non-hydrogen) atoms. The summed E-state index contributed by atoms with van der Waals surface area (Å²) in [4.78, 5) is 33.7. The second-order valence-electron chi connectivity index (χ2n) is 7.66. The van der Waals surface area contributed by atoms with Gasteiger partial charge in [-0.2, -0.15) is 0 Å². The molecule has 2 aromatic carbocycles. The van der Waals surface area contributed by atoms with Gasteiger partial charge in [-0.3, -0.25) is 9.59 Å².